The van der Waals surface area contributed by atoms with Crippen LogP contribution >= 0.6 is 0 Å². The molecule has 0 saturated carbocycles. The highest BCUT2D eigenvalue weighted by Crippen LogP contribution is 2.11. The van der Waals surface area contributed by atoms with Crippen LogP contribution < -0.4 is 0 Å². The third kappa shape index (κ3) is 2.82. The standard InChI is InChI=1S/C13H17FN2O/c1-15-7-4-8-16(10-9-15)13(17)11-5-2-3-6-12(11)14/h2-3,5-6H,4,7-10H2,1H3. The number of amides is 1. The molecule has 3 nitrogen and oxygen atoms in total. The number of hydrogen-bond acceptors (Lipinski definition) is 2. The minimum Gasteiger partial charge on any atom is -0.337 e. The molecule has 1 aliphatic rings. The lowest BCUT2D eigenvalue weighted by atomic mass is 10.2. The van der Waals surface area contributed by atoms with E-state index >= 15 is 0 Å². The van der Waals surface area contributed by atoms with E-state index in [1.807, 2.05) is 7.05 Å². The van der Waals surface area contributed by atoms with Gasteiger partial charge in [0.05, 0.1) is 5.56 Å². The van der Waals surface area contributed by atoms with Crippen LogP contribution in [0.4, 0.5) is 4.39 Å². The second-order valence-corrected chi connectivity index (χ2v) is 4.43. The number of nitrogens with zero attached hydrogens (tertiary/aromatic N) is 2. The molecule has 17 heavy (non-hydrogen) atoms. The number of carbonyl (C=O) groups is 1. The zero-order valence-corrected chi connectivity index (χ0v) is 10.0. The molecule has 1 aliphatic heterocycles. The van der Waals surface area contributed by atoms with Crippen LogP contribution in [0.25, 0.3) is 0 Å². The first-order valence-electron chi connectivity index (χ1n) is 5.91. The van der Waals surface area contributed by atoms with Gasteiger partial charge in [-0.2, -0.15) is 0 Å². The second-order valence-electron chi connectivity index (χ2n) is 4.43. The molecule has 0 N–H and O–H groups in total. The maximum absolute atomic E-state index is 13.5. The van der Waals surface area contributed by atoms with Crippen molar-refractivity contribution in [2.75, 3.05) is 33.2 Å². The zero-order valence-electron chi connectivity index (χ0n) is 10.0. The van der Waals surface area contributed by atoms with E-state index in [0.29, 0.717) is 13.1 Å². The molecule has 0 unspecified atom stereocenters. The summed E-state index contributed by atoms with van der Waals surface area (Å²) in [5, 5.41) is 0. The highest BCUT2D eigenvalue weighted by Gasteiger charge is 2.20. The van der Waals surface area contributed by atoms with Crippen molar-refractivity contribution < 1.29 is 9.18 Å². The molecule has 2 rings (SSSR count). The van der Waals surface area contributed by atoms with Crippen molar-refractivity contribution in [1.82, 2.24) is 9.80 Å². The predicted octanol–water partition coefficient (Wildman–Crippen LogP) is 1.60. The van der Waals surface area contributed by atoms with Crippen LogP contribution in [0.2, 0.25) is 0 Å². The van der Waals surface area contributed by atoms with E-state index in [1.54, 1.807) is 23.1 Å². The summed E-state index contributed by atoms with van der Waals surface area (Å²) in [4.78, 5) is 16.1. The Kier molecular flexibility index (Phi) is 3.74. The summed E-state index contributed by atoms with van der Waals surface area (Å²) in [6, 6.07) is 6.17. The van der Waals surface area contributed by atoms with E-state index in [2.05, 4.69) is 4.90 Å². The van der Waals surface area contributed by atoms with Gasteiger partial charge in [0, 0.05) is 19.6 Å². The Hall–Kier alpha value is -1.42. The van der Waals surface area contributed by atoms with Crippen molar-refractivity contribution in [2.45, 2.75) is 6.42 Å². The van der Waals surface area contributed by atoms with Crippen LogP contribution in [0.3, 0.4) is 0 Å². The molecule has 0 aromatic heterocycles. The summed E-state index contributed by atoms with van der Waals surface area (Å²) in [7, 11) is 2.04. The van der Waals surface area contributed by atoms with Crippen LogP contribution in [0.15, 0.2) is 24.3 Å². The third-order valence-corrected chi connectivity index (χ3v) is 3.11. The van der Waals surface area contributed by atoms with Crippen molar-refractivity contribution in [3.63, 3.8) is 0 Å². The maximum atomic E-state index is 13.5. The highest BCUT2D eigenvalue weighted by atomic mass is 19.1. The summed E-state index contributed by atoms with van der Waals surface area (Å²) in [6.45, 7) is 3.21. The normalized spacial score (nSPS) is 17.9. The topological polar surface area (TPSA) is 23.6 Å². The van der Waals surface area contributed by atoms with Gasteiger partial charge in [0.15, 0.2) is 0 Å². The number of carbonyl (C=O) groups excluding carboxylic acids is 1. The van der Waals surface area contributed by atoms with Crippen molar-refractivity contribution in [3.05, 3.63) is 35.6 Å². The Balaban J connectivity index is 2.12. The van der Waals surface area contributed by atoms with Crippen molar-refractivity contribution >= 4 is 5.91 Å². The van der Waals surface area contributed by atoms with E-state index in [-0.39, 0.29) is 11.5 Å². The largest absolute Gasteiger partial charge is 0.337 e. The molecule has 4 heteroatoms. The van der Waals surface area contributed by atoms with E-state index in [1.165, 1.54) is 6.07 Å². The molecule has 1 fully saturated rings. The number of benzene rings is 1. The van der Waals surface area contributed by atoms with Crippen molar-refractivity contribution in [2.24, 2.45) is 0 Å². The molecule has 0 radical (unpaired) electrons. The molecule has 92 valence electrons. The Morgan fingerprint density at radius 1 is 1.18 bits per heavy atom. The quantitative estimate of drug-likeness (QED) is 0.739. The SMILES string of the molecule is CN1CCCN(C(=O)c2ccccc2F)CC1. The fourth-order valence-corrected chi connectivity index (χ4v) is 2.05. The lowest BCUT2D eigenvalue weighted by Crippen LogP contribution is -2.34. The summed E-state index contributed by atoms with van der Waals surface area (Å²) in [5.41, 5.74) is 0.178. The van der Waals surface area contributed by atoms with Crippen LogP contribution in [0, 0.1) is 5.82 Å². The van der Waals surface area contributed by atoms with Gasteiger partial charge in [0.2, 0.25) is 0 Å². The molecular weight excluding hydrogens is 219 g/mol. The molecular formula is C13H17FN2O. The van der Waals surface area contributed by atoms with Gasteiger partial charge < -0.3 is 9.80 Å². The minimum absolute atomic E-state index is 0.178. The van der Waals surface area contributed by atoms with Crippen LogP contribution in [0.5, 0.6) is 0 Å². The van der Waals surface area contributed by atoms with Crippen molar-refractivity contribution in [3.8, 4) is 0 Å². The second kappa shape index (κ2) is 5.27. The average Bonchev–Trinajstić information content (AvgIpc) is 2.54. The van der Waals surface area contributed by atoms with E-state index in [4.69, 9.17) is 0 Å². The van der Waals surface area contributed by atoms with Gasteiger partial charge in [-0.3, -0.25) is 4.79 Å². The number of halogens is 1. The highest BCUT2D eigenvalue weighted by molar-refractivity contribution is 5.94. The molecule has 1 aromatic rings. The summed E-state index contributed by atoms with van der Waals surface area (Å²) in [6.07, 6.45) is 0.941. The first-order valence-corrected chi connectivity index (χ1v) is 5.91. The van der Waals surface area contributed by atoms with E-state index < -0.39 is 5.82 Å². The molecule has 0 atom stereocenters. The summed E-state index contributed by atoms with van der Waals surface area (Å²) in [5.74, 6) is -0.631. The lowest BCUT2D eigenvalue weighted by Gasteiger charge is -2.20. The predicted molar refractivity (Wildman–Crippen MR) is 64.4 cm³/mol. The smallest absolute Gasteiger partial charge is 0.256 e. The van der Waals surface area contributed by atoms with E-state index in [0.717, 1.165) is 19.5 Å². The Bertz CT molecular complexity index is 408. The lowest BCUT2D eigenvalue weighted by molar-refractivity contribution is 0.0758. The number of hydrogen-bond donors (Lipinski definition) is 0. The molecule has 1 aromatic carbocycles. The van der Waals surface area contributed by atoms with Gasteiger partial charge in [0.1, 0.15) is 5.82 Å². The number of likely N-dealkylation sites (N-methyl/N-ethyl adjacent to an activating group) is 1. The van der Waals surface area contributed by atoms with Gasteiger partial charge in [-0.1, -0.05) is 12.1 Å². The molecule has 0 spiro atoms. The maximum Gasteiger partial charge on any atom is 0.256 e. The van der Waals surface area contributed by atoms with Crippen LogP contribution in [-0.2, 0) is 0 Å². The Morgan fingerprint density at radius 3 is 2.71 bits per heavy atom. The first-order chi connectivity index (χ1) is 8.18. The zero-order chi connectivity index (χ0) is 12.3. The fraction of sp³-hybridized carbons (Fsp3) is 0.462. The van der Waals surface area contributed by atoms with Crippen LogP contribution in [-0.4, -0.2) is 48.9 Å². The van der Waals surface area contributed by atoms with E-state index in [9.17, 15) is 9.18 Å². The molecule has 1 heterocycles. The molecule has 1 amide bonds. The Labute approximate surface area is 101 Å². The van der Waals surface area contributed by atoms with Gasteiger partial charge in [-0.25, -0.2) is 4.39 Å². The molecule has 0 bridgehead atoms. The van der Waals surface area contributed by atoms with Gasteiger partial charge in [-0.05, 0) is 32.1 Å². The van der Waals surface area contributed by atoms with Gasteiger partial charge in [-0.15, -0.1) is 0 Å². The average molecular weight is 236 g/mol. The first kappa shape index (κ1) is 12.0. The fourth-order valence-electron chi connectivity index (χ4n) is 2.05. The monoisotopic (exact) mass is 236 g/mol. The van der Waals surface area contributed by atoms with Gasteiger partial charge >= 0.3 is 0 Å². The molecule has 1 saturated heterocycles. The summed E-state index contributed by atoms with van der Waals surface area (Å²) < 4.78 is 13.5. The minimum atomic E-state index is -0.435. The van der Waals surface area contributed by atoms with Crippen LogP contribution in [0.1, 0.15) is 16.8 Å². The van der Waals surface area contributed by atoms with Crippen molar-refractivity contribution in [1.29, 1.82) is 0 Å². The summed E-state index contributed by atoms with van der Waals surface area (Å²) >= 11 is 0. The third-order valence-electron chi connectivity index (χ3n) is 3.11. The Morgan fingerprint density at radius 2 is 1.94 bits per heavy atom. The van der Waals surface area contributed by atoms with Gasteiger partial charge in [0.25, 0.3) is 5.91 Å². The molecule has 0 aliphatic carbocycles. The number of rotatable bonds is 1.